The molecule has 21 heavy (non-hydrogen) atoms. The zero-order chi connectivity index (χ0) is 15.6. The number of likely N-dealkylation sites (tertiary alicyclic amines) is 1. The lowest BCUT2D eigenvalue weighted by Gasteiger charge is -2.34. The average molecular weight is 287 g/mol. The molecule has 0 bridgehead atoms. The van der Waals surface area contributed by atoms with Crippen molar-refractivity contribution in [3.05, 3.63) is 39.4 Å². The van der Waals surface area contributed by atoms with E-state index in [0.29, 0.717) is 31.5 Å². The Kier molecular flexibility index (Phi) is 3.94. The molecule has 2 rings (SSSR count). The molecule has 0 radical (unpaired) electrons. The van der Waals surface area contributed by atoms with Gasteiger partial charge in [-0.1, -0.05) is 12.1 Å². The van der Waals surface area contributed by atoms with Crippen LogP contribution in [0.5, 0.6) is 0 Å². The van der Waals surface area contributed by atoms with Gasteiger partial charge in [-0.05, 0) is 32.8 Å². The van der Waals surface area contributed by atoms with Gasteiger partial charge in [-0.2, -0.15) is 5.26 Å². The summed E-state index contributed by atoms with van der Waals surface area (Å²) in [4.78, 5) is 24.8. The molecule has 1 aromatic rings. The second kappa shape index (κ2) is 5.52. The van der Waals surface area contributed by atoms with E-state index in [0.717, 1.165) is 0 Å². The Morgan fingerprint density at radius 1 is 1.43 bits per heavy atom. The fourth-order valence-electron chi connectivity index (χ4n) is 2.56. The van der Waals surface area contributed by atoms with Crippen LogP contribution in [0.3, 0.4) is 0 Å². The summed E-state index contributed by atoms with van der Waals surface area (Å²) in [5.41, 5.74) is 0.0661. The van der Waals surface area contributed by atoms with E-state index in [1.807, 2.05) is 6.92 Å². The van der Waals surface area contributed by atoms with Gasteiger partial charge in [0.05, 0.1) is 16.4 Å². The summed E-state index contributed by atoms with van der Waals surface area (Å²) in [5, 5.41) is 20.3. The van der Waals surface area contributed by atoms with Crippen LogP contribution in [0.2, 0.25) is 0 Å². The maximum absolute atomic E-state index is 12.5. The van der Waals surface area contributed by atoms with Crippen molar-refractivity contribution in [3.63, 3.8) is 0 Å². The number of nitro benzene ring substituents is 1. The maximum Gasteiger partial charge on any atom is 0.285 e. The molecule has 0 aromatic heterocycles. The van der Waals surface area contributed by atoms with E-state index in [-0.39, 0.29) is 17.2 Å². The normalized spacial score (nSPS) is 17.1. The molecule has 1 aliphatic heterocycles. The van der Waals surface area contributed by atoms with Gasteiger partial charge in [-0.15, -0.1) is 0 Å². The molecule has 1 heterocycles. The molecule has 0 saturated carbocycles. The molecular weight excluding hydrogens is 270 g/mol. The Balaban J connectivity index is 2.25. The van der Waals surface area contributed by atoms with Crippen molar-refractivity contribution in [2.24, 2.45) is 5.41 Å². The Morgan fingerprint density at radius 2 is 2.05 bits per heavy atom. The molecule has 0 unspecified atom stereocenters. The predicted octanol–water partition coefficient (Wildman–Crippen LogP) is 2.67. The number of aryl methyl sites for hydroxylation is 1. The van der Waals surface area contributed by atoms with Gasteiger partial charge >= 0.3 is 0 Å². The summed E-state index contributed by atoms with van der Waals surface area (Å²) < 4.78 is 0. The number of para-hydroxylation sites is 1. The van der Waals surface area contributed by atoms with Crippen molar-refractivity contribution in [1.82, 2.24) is 4.90 Å². The Bertz CT molecular complexity index is 626. The minimum Gasteiger partial charge on any atom is -0.338 e. The lowest BCUT2D eigenvalue weighted by Crippen LogP contribution is -2.41. The summed E-state index contributed by atoms with van der Waals surface area (Å²) in [6.45, 7) is 4.41. The highest BCUT2D eigenvalue weighted by atomic mass is 16.6. The van der Waals surface area contributed by atoms with E-state index in [1.54, 1.807) is 24.0 Å². The van der Waals surface area contributed by atoms with Crippen LogP contribution in [0.4, 0.5) is 5.69 Å². The summed E-state index contributed by atoms with van der Waals surface area (Å²) in [7, 11) is 0. The minimum absolute atomic E-state index is 0.126. The number of carbonyl (C=O) groups excluding carboxylic acids is 1. The molecule has 6 heteroatoms. The Hall–Kier alpha value is -2.42. The highest BCUT2D eigenvalue weighted by Crippen LogP contribution is 2.32. The van der Waals surface area contributed by atoms with Gasteiger partial charge in [-0.25, -0.2) is 0 Å². The van der Waals surface area contributed by atoms with Crippen LogP contribution in [-0.4, -0.2) is 28.8 Å². The average Bonchev–Trinajstić information content (AvgIpc) is 2.46. The fourth-order valence-corrected chi connectivity index (χ4v) is 2.56. The number of hydrogen-bond donors (Lipinski definition) is 0. The first kappa shape index (κ1) is 15.0. The minimum atomic E-state index is -0.508. The molecule has 0 aliphatic carbocycles. The van der Waals surface area contributed by atoms with E-state index in [9.17, 15) is 14.9 Å². The zero-order valence-electron chi connectivity index (χ0n) is 12.1. The van der Waals surface area contributed by atoms with Crippen molar-refractivity contribution in [3.8, 4) is 6.07 Å². The topological polar surface area (TPSA) is 87.2 Å². The van der Waals surface area contributed by atoms with Gasteiger partial charge in [0, 0.05) is 18.7 Å². The maximum atomic E-state index is 12.5. The van der Waals surface area contributed by atoms with Gasteiger partial charge in [0.25, 0.3) is 11.6 Å². The monoisotopic (exact) mass is 287 g/mol. The molecule has 1 saturated heterocycles. The molecule has 110 valence electrons. The summed E-state index contributed by atoms with van der Waals surface area (Å²) in [6.07, 6.45) is 1.18. The molecule has 0 atom stereocenters. The third-order valence-electron chi connectivity index (χ3n) is 4.07. The Morgan fingerprint density at radius 3 is 2.57 bits per heavy atom. The standard InChI is InChI=1S/C15H17N3O3/c1-11-4-3-5-12(13(11)18(20)21)14(19)17-8-6-15(2,10-16)7-9-17/h3-5H,6-9H2,1-2H3. The van der Waals surface area contributed by atoms with Crippen LogP contribution in [-0.2, 0) is 0 Å². The second-order valence-electron chi connectivity index (χ2n) is 5.69. The van der Waals surface area contributed by atoms with Crippen LogP contribution >= 0.6 is 0 Å². The second-order valence-corrected chi connectivity index (χ2v) is 5.69. The van der Waals surface area contributed by atoms with Gasteiger partial charge in [0.2, 0.25) is 0 Å². The van der Waals surface area contributed by atoms with Crippen molar-refractivity contribution >= 4 is 11.6 Å². The van der Waals surface area contributed by atoms with Crippen LogP contribution in [0.15, 0.2) is 18.2 Å². The first-order chi connectivity index (χ1) is 9.88. The number of benzene rings is 1. The first-order valence-corrected chi connectivity index (χ1v) is 6.82. The predicted molar refractivity (Wildman–Crippen MR) is 76.7 cm³/mol. The van der Waals surface area contributed by atoms with E-state index < -0.39 is 10.3 Å². The highest BCUT2D eigenvalue weighted by Gasteiger charge is 2.34. The van der Waals surface area contributed by atoms with E-state index in [2.05, 4.69) is 6.07 Å². The van der Waals surface area contributed by atoms with Crippen molar-refractivity contribution in [1.29, 1.82) is 5.26 Å². The fraction of sp³-hybridized carbons (Fsp3) is 0.467. The van der Waals surface area contributed by atoms with Crippen molar-refractivity contribution in [2.75, 3.05) is 13.1 Å². The van der Waals surface area contributed by atoms with Crippen LogP contribution in [0.1, 0.15) is 35.7 Å². The van der Waals surface area contributed by atoms with Crippen molar-refractivity contribution in [2.45, 2.75) is 26.7 Å². The number of nitriles is 1. The number of nitro groups is 1. The lowest BCUT2D eigenvalue weighted by molar-refractivity contribution is -0.385. The number of piperidine rings is 1. The lowest BCUT2D eigenvalue weighted by atomic mass is 9.82. The van der Waals surface area contributed by atoms with E-state index in [1.165, 1.54) is 6.07 Å². The molecular formula is C15H17N3O3. The quantitative estimate of drug-likeness (QED) is 0.618. The SMILES string of the molecule is Cc1cccc(C(=O)N2CCC(C)(C#N)CC2)c1[N+](=O)[O-]. The van der Waals surface area contributed by atoms with Gasteiger partial charge in [0.15, 0.2) is 0 Å². The summed E-state index contributed by atoms with van der Waals surface area (Å²) in [5.74, 6) is -0.328. The van der Waals surface area contributed by atoms with E-state index in [4.69, 9.17) is 5.26 Å². The molecule has 1 fully saturated rings. The molecule has 6 nitrogen and oxygen atoms in total. The van der Waals surface area contributed by atoms with Gasteiger partial charge < -0.3 is 4.90 Å². The van der Waals surface area contributed by atoms with Gasteiger partial charge in [-0.3, -0.25) is 14.9 Å². The van der Waals surface area contributed by atoms with Crippen LogP contribution in [0.25, 0.3) is 0 Å². The molecule has 0 spiro atoms. The zero-order valence-corrected chi connectivity index (χ0v) is 12.1. The third-order valence-corrected chi connectivity index (χ3v) is 4.07. The summed E-state index contributed by atoms with van der Waals surface area (Å²) in [6, 6.07) is 7.04. The Labute approximate surface area is 123 Å². The third kappa shape index (κ3) is 2.87. The number of rotatable bonds is 2. The molecule has 1 aliphatic rings. The largest absolute Gasteiger partial charge is 0.338 e. The number of hydrogen-bond acceptors (Lipinski definition) is 4. The molecule has 1 aromatic carbocycles. The summed E-state index contributed by atoms with van der Waals surface area (Å²) >= 11 is 0. The van der Waals surface area contributed by atoms with Crippen LogP contribution in [0, 0.1) is 33.8 Å². The van der Waals surface area contributed by atoms with Crippen LogP contribution < -0.4 is 0 Å². The number of carbonyl (C=O) groups is 1. The smallest absolute Gasteiger partial charge is 0.285 e. The van der Waals surface area contributed by atoms with Crippen molar-refractivity contribution < 1.29 is 9.72 Å². The molecule has 0 N–H and O–H groups in total. The molecule has 1 amide bonds. The van der Waals surface area contributed by atoms with E-state index >= 15 is 0 Å². The van der Waals surface area contributed by atoms with Gasteiger partial charge in [0.1, 0.15) is 5.56 Å². The number of amides is 1. The number of nitrogens with zero attached hydrogens (tertiary/aromatic N) is 3. The highest BCUT2D eigenvalue weighted by molar-refractivity contribution is 5.98. The first-order valence-electron chi connectivity index (χ1n) is 6.82.